The van der Waals surface area contributed by atoms with Crippen molar-refractivity contribution in [1.29, 1.82) is 0 Å². The molecule has 0 aromatic heterocycles. The zero-order valence-electron chi connectivity index (χ0n) is 11.6. The highest BCUT2D eigenvalue weighted by atomic mass is 16.5. The molecule has 5 nitrogen and oxygen atoms in total. The third kappa shape index (κ3) is 2.98. The fourth-order valence-corrected chi connectivity index (χ4v) is 2.17. The van der Waals surface area contributed by atoms with Crippen molar-refractivity contribution in [3.63, 3.8) is 0 Å². The van der Waals surface area contributed by atoms with Gasteiger partial charge in [0.05, 0.1) is 17.5 Å². The highest BCUT2D eigenvalue weighted by molar-refractivity contribution is 5.95. The number of carbonyl (C=O) groups excluding carboxylic acids is 1. The number of nitrogens with zero attached hydrogens (tertiary/aromatic N) is 1. The highest BCUT2D eigenvalue weighted by Crippen LogP contribution is 2.29. The van der Waals surface area contributed by atoms with Crippen LogP contribution in [0.25, 0.3) is 0 Å². The fraction of sp³-hybridized carbons (Fsp3) is 0.500. The van der Waals surface area contributed by atoms with Crippen LogP contribution in [0.5, 0.6) is 0 Å². The maximum absolute atomic E-state index is 11.9. The smallest absolute Gasteiger partial charge is 0.253 e. The molecule has 1 amide bonds. The number of carbonyl (C=O) groups is 1. The van der Waals surface area contributed by atoms with Crippen molar-refractivity contribution in [3.8, 4) is 0 Å². The van der Waals surface area contributed by atoms with E-state index in [1.54, 1.807) is 38.2 Å². The van der Waals surface area contributed by atoms with E-state index in [1.807, 2.05) is 6.07 Å². The summed E-state index contributed by atoms with van der Waals surface area (Å²) in [6.07, 6.45) is 2.29. The minimum atomic E-state index is -0.0218. The Morgan fingerprint density at radius 3 is 2.68 bits per heavy atom. The van der Waals surface area contributed by atoms with Gasteiger partial charge in [0.2, 0.25) is 0 Å². The van der Waals surface area contributed by atoms with Crippen molar-refractivity contribution in [2.45, 2.75) is 25.0 Å². The summed E-state index contributed by atoms with van der Waals surface area (Å²) < 4.78 is 5.25. The van der Waals surface area contributed by atoms with Gasteiger partial charge in [-0.05, 0) is 31.0 Å². The fourth-order valence-electron chi connectivity index (χ4n) is 2.17. The summed E-state index contributed by atoms with van der Waals surface area (Å²) in [7, 11) is 5.20. The molecule has 0 atom stereocenters. The SMILES string of the molecule is COC1CC(Nc2cc(C(=O)N(C)C)ccc2N)C1. The van der Waals surface area contributed by atoms with Gasteiger partial charge in [-0.2, -0.15) is 0 Å². The van der Waals surface area contributed by atoms with Crippen LogP contribution >= 0.6 is 0 Å². The first-order valence-electron chi connectivity index (χ1n) is 6.41. The lowest BCUT2D eigenvalue weighted by atomic mass is 9.89. The molecular formula is C14H21N3O2. The molecule has 1 aromatic carbocycles. The van der Waals surface area contributed by atoms with Gasteiger partial charge in [-0.15, -0.1) is 0 Å². The number of benzene rings is 1. The molecule has 1 fully saturated rings. The summed E-state index contributed by atoms with van der Waals surface area (Å²) in [4.78, 5) is 13.5. The molecule has 3 N–H and O–H groups in total. The van der Waals surface area contributed by atoms with E-state index < -0.39 is 0 Å². The van der Waals surface area contributed by atoms with E-state index in [0.29, 0.717) is 23.4 Å². The van der Waals surface area contributed by atoms with E-state index in [4.69, 9.17) is 10.5 Å². The first-order chi connectivity index (χ1) is 9.01. The summed E-state index contributed by atoms with van der Waals surface area (Å²) in [5.74, 6) is -0.0218. The van der Waals surface area contributed by atoms with Crippen LogP contribution in [-0.4, -0.2) is 44.2 Å². The third-order valence-electron chi connectivity index (χ3n) is 3.49. The van der Waals surface area contributed by atoms with Crippen LogP contribution in [0.2, 0.25) is 0 Å². The van der Waals surface area contributed by atoms with Gasteiger partial charge in [-0.3, -0.25) is 4.79 Å². The number of hydrogen-bond acceptors (Lipinski definition) is 4. The van der Waals surface area contributed by atoms with Crippen molar-refractivity contribution in [3.05, 3.63) is 23.8 Å². The Balaban J connectivity index is 2.08. The average molecular weight is 263 g/mol. The molecule has 5 heteroatoms. The zero-order chi connectivity index (χ0) is 14.0. The second-order valence-corrected chi connectivity index (χ2v) is 5.17. The van der Waals surface area contributed by atoms with E-state index in [2.05, 4.69) is 5.32 Å². The van der Waals surface area contributed by atoms with Crippen LogP contribution < -0.4 is 11.1 Å². The molecule has 0 radical (unpaired) electrons. The van der Waals surface area contributed by atoms with Crippen LogP contribution in [0, 0.1) is 0 Å². The number of amides is 1. The molecule has 1 aliphatic carbocycles. The molecular weight excluding hydrogens is 242 g/mol. The second kappa shape index (κ2) is 5.48. The maximum Gasteiger partial charge on any atom is 0.253 e. The molecule has 19 heavy (non-hydrogen) atoms. The van der Waals surface area contributed by atoms with Crippen LogP contribution in [0.15, 0.2) is 18.2 Å². The molecule has 0 saturated heterocycles. The minimum absolute atomic E-state index is 0.0218. The van der Waals surface area contributed by atoms with Gasteiger partial charge >= 0.3 is 0 Å². The van der Waals surface area contributed by atoms with E-state index in [-0.39, 0.29) is 5.91 Å². The number of nitrogens with two attached hydrogens (primary N) is 1. The number of nitrogen functional groups attached to an aromatic ring is 1. The molecule has 1 saturated carbocycles. The predicted molar refractivity (Wildman–Crippen MR) is 76.3 cm³/mol. The number of methoxy groups -OCH3 is 1. The van der Waals surface area contributed by atoms with Gasteiger partial charge < -0.3 is 20.7 Å². The van der Waals surface area contributed by atoms with Crippen molar-refractivity contribution in [2.24, 2.45) is 0 Å². The molecule has 0 bridgehead atoms. The second-order valence-electron chi connectivity index (χ2n) is 5.17. The van der Waals surface area contributed by atoms with Gasteiger partial charge in [0, 0.05) is 32.8 Å². The summed E-state index contributed by atoms with van der Waals surface area (Å²) in [5.41, 5.74) is 8.07. The Kier molecular flexibility index (Phi) is 3.95. The van der Waals surface area contributed by atoms with Crippen LogP contribution in [0.4, 0.5) is 11.4 Å². The van der Waals surface area contributed by atoms with Gasteiger partial charge in [-0.25, -0.2) is 0 Å². The monoisotopic (exact) mass is 263 g/mol. The Morgan fingerprint density at radius 1 is 1.42 bits per heavy atom. The Morgan fingerprint density at radius 2 is 2.11 bits per heavy atom. The van der Waals surface area contributed by atoms with E-state index in [9.17, 15) is 4.79 Å². The number of ether oxygens (including phenoxy) is 1. The van der Waals surface area contributed by atoms with Gasteiger partial charge in [0.15, 0.2) is 0 Å². The van der Waals surface area contributed by atoms with Crippen LogP contribution in [-0.2, 0) is 4.74 Å². The molecule has 2 rings (SSSR count). The van der Waals surface area contributed by atoms with Crippen LogP contribution in [0.1, 0.15) is 23.2 Å². The van der Waals surface area contributed by atoms with E-state index in [0.717, 1.165) is 18.5 Å². The summed E-state index contributed by atoms with van der Waals surface area (Å²) in [5, 5.41) is 3.37. The first-order valence-corrected chi connectivity index (χ1v) is 6.41. The Hall–Kier alpha value is -1.75. The summed E-state index contributed by atoms with van der Waals surface area (Å²) >= 11 is 0. The molecule has 1 aliphatic rings. The van der Waals surface area contributed by atoms with E-state index >= 15 is 0 Å². The molecule has 104 valence electrons. The number of rotatable bonds is 4. The average Bonchev–Trinajstić information content (AvgIpc) is 2.34. The number of anilines is 2. The van der Waals surface area contributed by atoms with Crippen LogP contribution in [0.3, 0.4) is 0 Å². The quantitative estimate of drug-likeness (QED) is 0.809. The summed E-state index contributed by atoms with van der Waals surface area (Å²) in [6.45, 7) is 0. The molecule has 0 aliphatic heterocycles. The zero-order valence-corrected chi connectivity index (χ0v) is 11.6. The standard InChI is InChI=1S/C14H21N3O2/c1-17(2)14(18)9-4-5-12(15)13(6-9)16-10-7-11(8-10)19-3/h4-6,10-11,16H,7-8,15H2,1-3H3. The maximum atomic E-state index is 11.9. The lowest BCUT2D eigenvalue weighted by molar-refractivity contribution is 0.0329. The van der Waals surface area contributed by atoms with Crippen molar-refractivity contribution in [1.82, 2.24) is 4.90 Å². The molecule has 1 aromatic rings. The van der Waals surface area contributed by atoms with Crippen molar-refractivity contribution < 1.29 is 9.53 Å². The molecule has 0 unspecified atom stereocenters. The predicted octanol–water partition coefficient (Wildman–Crippen LogP) is 1.56. The lowest BCUT2D eigenvalue weighted by Gasteiger charge is -2.35. The number of hydrogen-bond donors (Lipinski definition) is 2. The van der Waals surface area contributed by atoms with Crippen molar-refractivity contribution >= 4 is 17.3 Å². The Bertz CT molecular complexity index is 468. The van der Waals surface area contributed by atoms with E-state index in [1.165, 1.54) is 0 Å². The minimum Gasteiger partial charge on any atom is -0.397 e. The largest absolute Gasteiger partial charge is 0.397 e. The lowest BCUT2D eigenvalue weighted by Crippen LogP contribution is -2.40. The topological polar surface area (TPSA) is 67.6 Å². The molecule has 0 heterocycles. The first kappa shape index (κ1) is 13.7. The Labute approximate surface area is 113 Å². The van der Waals surface area contributed by atoms with Gasteiger partial charge in [-0.1, -0.05) is 0 Å². The number of nitrogens with one attached hydrogen (secondary N) is 1. The normalized spacial score (nSPS) is 21.6. The van der Waals surface area contributed by atoms with Crippen molar-refractivity contribution in [2.75, 3.05) is 32.3 Å². The molecule has 0 spiro atoms. The highest BCUT2D eigenvalue weighted by Gasteiger charge is 2.29. The summed E-state index contributed by atoms with van der Waals surface area (Å²) in [6, 6.07) is 5.71. The third-order valence-corrected chi connectivity index (χ3v) is 3.49. The van der Waals surface area contributed by atoms with Gasteiger partial charge in [0.25, 0.3) is 5.91 Å². The van der Waals surface area contributed by atoms with Gasteiger partial charge in [0.1, 0.15) is 0 Å².